The Morgan fingerprint density at radius 3 is 1.00 bits per heavy atom. The SMILES string of the molecule is CC(O)N(C(C)O)C(C)O.O=P(O)(O)O.[AlH3]. The Labute approximate surface area is 105 Å². The van der Waals surface area contributed by atoms with E-state index in [1.807, 2.05) is 0 Å². The summed E-state index contributed by atoms with van der Waals surface area (Å²) in [6.07, 6.45) is -2.50. The number of nitrogens with zero attached hydrogens (tertiary/aromatic N) is 1. The van der Waals surface area contributed by atoms with Gasteiger partial charge in [0, 0.05) is 0 Å². The monoisotopic (exact) mass is 277 g/mol. The van der Waals surface area contributed by atoms with Crippen LogP contribution in [0.25, 0.3) is 0 Å². The van der Waals surface area contributed by atoms with E-state index in [1.54, 1.807) is 0 Å². The molecule has 0 aromatic heterocycles. The topological polar surface area (TPSA) is 142 Å². The molecule has 0 amide bonds. The first-order valence-corrected chi connectivity index (χ1v) is 5.63. The molecule has 3 unspecified atom stereocenters. The highest BCUT2D eigenvalue weighted by molar-refractivity contribution is 7.45. The molecule has 0 aromatic carbocycles. The average molecular weight is 277 g/mol. The zero-order chi connectivity index (χ0) is 12.8. The number of aliphatic hydroxyl groups excluding tert-OH is 3. The fraction of sp³-hybridized carbons (Fsp3) is 1.00. The van der Waals surface area contributed by atoms with Gasteiger partial charge in [0.1, 0.15) is 18.7 Å². The van der Waals surface area contributed by atoms with E-state index in [4.69, 9.17) is 34.6 Å². The Kier molecular flexibility index (Phi) is 12.9. The van der Waals surface area contributed by atoms with Crippen molar-refractivity contribution in [3.8, 4) is 0 Å². The fourth-order valence-corrected chi connectivity index (χ4v) is 0.937. The second-order valence-corrected chi connectivity index (χ2v) is 3.88. The molecule has 0 aliphatic heterocycles. The molecule has 0 heterocycles. The van der Waals surface area contributed by atoms with Gasteiger partial charge in [-0.05, 0) is 20.8 Å². The van der Waals surface area contributed by atoms with Crippen LogP contribution in [0.15, 0.2) is 0 Å². The summed E-state index contributed by atoms with van der Waals surface area (Å²) in [6, 6.07) is 0. The number of hydrogen-bond donors (Lipinski definition) is 6. The van der Waals surface area contributed by atoms with Crippen molar-refractivity contribution < 1.29 is 34.6 Å². The van der Waals surface area contributed by atoms with E-state index in [-0.39, 0.29) is 17.4 Å². The number of phosphoric acid groups is 1. The van der Waals surface area contributed by atoms with E-state index in [0.717, 1.165) is 0 Å². The van der Waals surface area contributed by atoms with Crippen molar-refractivity contribution in [1.29, 1.82) is 0 Å². The molecule has 3 atom stereocenters. The smallest absolute Gasteiger partial charge is 0.379 e. The van der Waals surface area contributed by atoms with Crippen LogP contribution in [-0.2, 0) is 4.57 Å². The Balaban J connectivity index is -0.000000242. The standard InChI is InChI=1S/C6H15NO3.Al.H3O4P.3H/c1-4(8)7(5(2)9)6(3)10;;1-5(2,3)4;;;/h4-6,8-10H,1-3H3;;(H3,1,2,3,4);;;. The van der Waals surface area contributed by atoms with Gasteiger partial charge in [0.15, 0.2) is 17.4 Å². The molecule has 16 heavy (non-hydrogen) atoms. The molecule has 0 aliphatic carbocycles. The second-order valence-electron chi connectivity index (χ2n) is 2.86. The average Bonchev–Trinajstić information content (AvgIpc) is 1.77. The Morgan fingerprint density at radius 2 is 1.00 bits per heavy atom. The van der Waals surface area contributed by atoms with Crippen molar-refractivity contribution in [2.75, 3.05) is 0 Å². The lowest BCUT2D eigenvalue weighted by molar-refractivity contribution is -0.159. The normalized spacial score (nSPS) is 16.6. The molecule has 0 spiro atoms. The van der Waals surface area contributed by atoms with Crippen molar-refractivity contribution in [2.24, 2.45) is 0 Å². The lowest BCUT2D eigenvalue weighted by atomic mass is 10.4. The highest BCUT2D eigenvalue weighted by atomic mass is 31.2. The maximum absolute atomic E-state index is 8.96. The van der Waals surface area contributed by atoms with Crippen LogP contribution in [0.4, 0.5) is 0 Å². The highest BCUT2D eigenvalue weighted by Gasteiger charge is 2.20. The Hall–Kier alpha value is 0.482. The first-order valence-electron chi connectivity index (χ1n) is 4.06. The van der Waals surface area contributed by atoms with Gasteiger partial charge in [-0.15, -0.1) is 0 Å². The molecule has 0 bridgehead atoms. The van der Waals surface area contributed by atoms with E-state index in [0.29, 0.717) is 0 Å². The third kappa shape index (κ3) is 16.9. The maximum atomic E-state index is 8.96. The molecular formula is C6H21AlNO7P. The molecule has 0 rings (SSSR count). The van der Waals surface area contributed by atoms with Gasteiger partial charge in [0.25, 0.3) is 0 Å². The summed E-state index contributed by atoms with van der Waals surface area (Å²) >= 11 is 0. The quantitative estimate of drug-likeness (QED) is 0.184. The van der Waals surface area contributed by atoms with Crippen molar-refractivity contribution in [3.63, 3.8) is 0 Å². The summed E-state index contributed by atoms with van der Waals surface area (Å²) in [7, 11) is -4.64. The lowest BCUT2D eigenvalue weighted by Crippen LogP contribution is -2.45. The summed E-state index contributed by atoms with van der Waals surface area (Å²) in [5.74, 6) is 0. The molecular weight excluding hydrogens is 256 g/mol. The molecule has 0 saturated heterocycles. The molecule has 0 radical (unpaired) electrons. The number of rotatable bonds is 3. The van der Waals surface area contributed by atoms with Crippen LogP contribution in [0, 0.1) is 0 Å². The van der Waals surface area contributed by atoms with Crippen molar-refractivity contribution in [1.82, 2.24) is 4.90 Å². The first-order chi connectivity index (χ1) is 6.46. The molecule has 0 aliphatic rings. The van der Waals surface area contributed by atoms with Crippen LogP contribution in [-0.4, -0.2) is 70.9 Å². The second kappa shape index (κ2) is 9.51. The van der Waals surface area contributed by atoms with E-state index in [1.165, 1.54) is 25.7 Å². The molecule has 8 nitrogen and oxygen atoms in total. The summed E-state index contributed by atoms with van der Waals surface area (Å²) in [5, 5.41) is 26.9. The zero-order valence-electron chi connectivity index (χ0n) is 8.72. The van der Waals surface area contributed by atoms with E-state index < -0.39 is 26.5 Å². The first kappa shape index (κ1) is 21.7. The van der Waals surface area contributed by atoms with Gasteiger partial charge < -0.3 is 30.0 Å². The van der Waals surface area contributed by atoms with Gasteiger partial charge in [-0.1, -0.05) is 0 Å². The van der Waals surface area contributed by atoms with E-state index >= 15 is 0 Å². The van der Waals surface area contributed by atoms with E-state index in [2.05, 4.69) is 0 Å². The van der Waals surface area contributed by atoms with Gasteiger partial charge >= 0.3 is 7.82 Å². The van der Waals surface area contributed by atoms with Crippen LogP contribution < -0.4 is 0 Å². The maximum Gasteiger partial charge on any atom is 0.466 e. The molecule has 0 saturated carbocycles. The molecule has 0 fully saturated rings. The minimum Gasteiger partial charge on any atom is -0.379 e. The van der Waals surface area contributed by atoms with Gasteiger partial charge in [-0.2, -0.15) is 0 Å². The molecule has 6 N–H and O–H groups in total. The fourth-order valence-electron chi connectivity index (χ4n) is 0.937. The van der Waals surface area contributed by atoms with Crippen LogP contribution in [0.1, 0.15) is 20.8 Å². The zero-order valence-corrected chi connectivity index (χ0v) is 9.61. The highest BCUT2D eigenvalue weighted by Crippen LogP contribution is 2.25. The van der Waals surface area contributed by atoms with Gasteiger partial charge in [0.2, 0.25) is 0 Å². The lowest BCUT2D eigenvalue weighted by Gasteiger charge is -2.30. The van der Waals surface area contributed by atoms with Crippen LogP contribution >= 0.6 is 7.82 Å². The van der Waals surface area contributed by atoms with Gasteiger partial charge in [-0.3, -0.25) is 0 Å². The van der Waals surface area contributed by atoms with Crippen LogP contribution in [0.3, 0.4) is 0 Å². The summed E-state index contributed by atoms with van der Waals surface area (Å²) in [5.41, 5.74) is 0. The van der Waals surface area contributed by atoms with Crippen molar-refractivity contribution >= 4 is 25.2 Å². The Bertz CT molecular complexity index is 180. The minimum atomic E-state index is -4.64. The predicted octanol–water partition coefficient (Wildman–Crippen LogP) is -2.81. The Morgan fingerprint density at radius 1 is 0.875 bits per heavy atom. The number of aliphatic hydroxyl groups is 3. The van der Waals surface area contributed by atoms with Crippen molar-refractivity contribution in [3.05, 3.63) is 0 Å². The number of hydrogen-bond acceptors (Lipinski definition) is 5. The van der Waals surface area contributed by atoms with E-state index in [9.17, 15) is 0 Å². The predicted molar refractivity (Wildman–Crippen MR) is 61.1 cm³/mol. The van der Waals surface area contributed by atoms with Crippen molar-refractivity contribution in [2.45, 2.75) is 39.5 Å². The summed E-state index contributed by atoms with van der Waals surface area (Å²) in [6.45, 7) is 4.46. The molecule has 100 valence electrons. The molecule has 0 aromatic rings. The summed E-state index contributed by atoms with van der Waals surface area (Å²) < 4.78 is 8.88. The largest absolute Gasteiger partial charge is 0.466 e. The van der Waals surface area contributed by atoms with Gasteiger partial charge in [-0.25, -0.2) is 9.46 Å². The molecule has 10 heteroatoms. The van der Waals surface area contributed by atoms with Gasteiger partial charge in [0.05, 0.1) is 0 Å². The van der Waals surface area contributed by atoms with Crippen LogP contribution in [0.2, 0.25) is 0 Å². The third-order valence-corrected chi connectivity index (χ3v) is 1.29. The summed E-state index contributed by atoms with van der Waals surface area (Å²) in [4.78, 5) is 22.7. The van der Waals surface area contributed by atoms with Crippen LogP contribution in [0.5, 0.6) is 0 Å². The minimum absolute atomic E-state index is 0. The third-order valence-electron chi connectivity index (χ3n) is 1.29.